The molecule has 6 nitrogen and oxygen atoms in total. The van der Waals surface area contributed by atoms with E-state index >= 15 is 0 Å². The molecule has 2 unspecified atom stereocenters. The van der Waals surface area contributed by atoms with Crippen LogP contribution in [0.15, 0.2) is 0 Å². The quantitative estimate of drug-likeness (QED) is 0.640. The zero-order valence-electron chi connectivity index (χ0n) is 18.1. The van der Waals surface area contributed by atoms with Gasteiger partial charge in [0.1, 0.15) is 0 Å². The standard InChI is InChI=1S/C23H41N3O3/c1-4-20-22(24-10-1)18-5-7-19(8-6-18)29-16-21-23(17-27-15-11-25-23)9-2-12-26(21)13-3-14-28-20/h18-22,24-25H,1-17H2/t18?,19?,20?,21-,22?,23+/m0/s1. The minimum atomic E-state index is 0.0734. The summed E-state index contributed by atoms with van der Waals surface area (Å²) in [4.78, 5) is 2.68. The Labute approximate surface area is 176 Å². The lowest BCUT2D eigenvalue weighted by Crippen LogP contribution is -2.70. The highest BCUT2D eigenvalue weighted by Crippen LogP contribution is 2.35. The number of rotatable bonds is 0. The Kier molecular flexibility index (Phi) is 6.76. The second-order valence-electron chi connectivity index (χ2n) is 10.0. The molecule has 6 rings (SSSR count). The predicted molar refractivity (Wildman–Crippen MR) is 113 cm³/mol. The molecule has 0 amide bonds. The smallest absolute Gasteiger partial charge is 0.0731 e. The highest BCUT2D eigenvalue weighted by Gasteiger charge is 2.46. The van der Waals surface area contributed by atoms with Crippen LogP contribution in [0, 0.1) is 5.92 Å². The van der Waals surface area contributed by atoms with Gasteiger partial charge in [0.25, 0.3) is 0 Å². The number of nitrogens with zero attached hydrogens (tertiary/aromatic N) is 1. The SMILES string of the molecule is C1CNC2C3CCC(CC3)OC[C@@H]3N(CCCOC2C1)CCC[C@@]31COCCN1. The summed E-state index contributed by atoms with van der Waals surface area (Å²) in [6, 6.07) is 0.976. The summed E-state index contributed by atoms with van der Waals surface area (Å²) >= 11 is 0. The van der Waals surface area contributed by atoms with E-state index in [4.69, 9.17) is 14.2 Å². The maximum atomic E-state index is 6.62. The molecule has 29 heavy (non-hydrogen) atoms. The van der Waals surface area contributed by atoms with E-state index in [1.165, 1.54) is 57.9 Å². The first-order valence-electron chi connectivity index (χ1n) is 12.4. The molecule has 166 valence electrons. The molecule has 1 aliphatic carbocycles. The number of piperidine rings is 2. The van der Waals surface area contributed by atoms with Gasteiger partial charge < -0.3 is 24.8 Å². The van der Waals surface area contributed by atoms with Crippen molar-refractivity contribution in [2.45, 2.75) is 87.6 Å². The van der Waals surface area contributed by atoms with Gasteiger partial charge in [-0.15, -0.1) is 0 Å². The van der Waals surface area contributed by atoms with Crippen LogP contribution in [0.5, 0.6) is 0 Å². The summed E-state index contributed by atoms with van der Waals surface area (Å²) in [5.74, 6) is 0.758. The molecule has 0 aromatic heterocycles. The molecular weight excluding hydrogens is 366 g/mol. The summed E-state index contributed by atoms with van der Waals surface area (Å²) in [5.41, 5.74) is 0.0734. The van der Waals surface area contributed by atoms with Gasteiger partial charge in [0.2, 0.25) is 0 Å². The summed E-state index contributed by atoms with van der Waals surface area (Å²) in [6.07, 6.45) is 11.9. The lowest BCUT2D eigenvalue weighted by molar-refractivity contribution is -0.0992. The van der Waals surface area contributed by atoms with Crippen molar-refractivity contribution in [2.75, 3.05) is 52.6 Å². The number of hydrogen-bond donors (Lipinski definition) is 2. The first-order valence-corrected chi connectivity index (χ1v) is 12.4. The molecule has 6 fully saturated rings. The largest absolute Gasteiger partial charge is 0.378 e. The topological polar surface area (TPSA) is 55.0 Å². The fourth-order valence-electron chi connectivity index (χ4n) is 6.74. The average molecular weight is 408 g/mol. The first-order chi connectivity index (χ1) is 14.3. The maximum Gasteiger partial charge on any atom is 0.0731 e. The minimum Gasteiger partial charge on any atom is -0.378 e. The highest BCUT2D eigenvalue weighted by atomic mass is 16.5. The average Bonchev–Trinajstić information content (AvgIpc) is 2.77. The Balaban J connectivity index is 1.31. The predicted octanol–water partition coefficient (Wildman–Crippen LogP) is 1.93. The molecule has 5 saturated heterocycles. The normalized spacial score (nSPS) is 45.3. The minimum absolute atomic E-state index is 0.0734. The van der Waals surface area contributed by atoms with E-state index in [0.717, 1.165) is 58.4 Å². The summed E-state index contributed by atoms with van der Waals surface area (Å²) < 4.78 is 19.1. The number of fused-ring (bicyclic) bond motifs is 6. The van der Waals surface area contributed by atoms with Gasteiger partial charge in [-0.2, -0.15) is 0 Å². The fraction of sp³-hybridized carbons (Fsp3) is 1.00. The van der Waals surface area contributed by atoms with E-state index in [1.807, 2.05) is 0 Å². The summed E-state index contributed by atoms with van der Waals surface area (Å²) in [7, 11) is 0. The van der Waals surface area contributed by atoms with Crippen LogP contribution in [0.25, 0.3) is 0 Å². The molecule has 2 bridgehead atoms. The van der Waals surface area contributed by atoms with Crippen molar-refractivity contribution in [3.8, 4) is 0 Å². The fourth-order valence-corrected chi connectivity index (χ4v) is 6.74. The van der Waals surface area contributed by atoms with Crippen molar-refractivity contribution < 1.29 is 14.2 Å². The van der Waals surface area contributed by atoms with Crippen LogP contribution in [-0.4, -0.2) is 87.3 Å². The molecule has 6 aliphatic rings. The van der Waals surface area contributed by atoms with E-state index in [1.54, 1.807) is 0 Å². The zero-order chi connectivity index (χ0) is 19.5. The van der Waals surface area contributed by atoms with Crippen molar-refractivity contribution in [2.24, 2.45) is 5.92 Å². The molecule has 1 spiro atoms. The van der Waals surface area contributed by atoms with E-state index in [-0.39, 0.29) is 5.54 Å². The van der Waals surface area contributed by atoms with Gasteiger partial charge in [-0.25, -0.2) is 0 Å². The Hall–Kier alpha value is -0.240. The van der Waals surface area contributed by atoms with Gasteiger partial charge in [0, 0.05) is 25.7 Å². The van der Waals surface area contributed by atoms with Crippen LogP contribution in [0.2, 0.25) is 0 Å². The zero-order valence-corrected chi connectivity index (χ0v) is 18.1. The maximum absolute atomic E-state index is 6.62. The lowest BCUT2D eigenvalue weighted by atomic mass is 9.78. The van der Waals surface area contributed by atoms with Crippen molar-refractivity contribution in [1.82, 2.24) is 15.5 Å². The molecular formula is C23H41N3O3. The number of hydrogen-bond acceptors (Lipinski definition) is 6. The van der Waals surface area contributed by atoms with E-state index in [9.17, 15) is 0 Å². The monoisotopic (exact) mass is 407 g/mol. The summed E-state index contributed by atoms with van der Waals surface area (Å²) in [5, 5.41) is 7.67. The third-order valence-electron chi connectivity index (χ3n) is 8.31. The van der Waals surface area contributed by atoms with Gasteiger partial charge in [-0.1, -0.05) is 0 Å². The van der Waals surface area contributed by atoms with Gasteiger partial charge in [-0.3, -0.25) is 4.90 Å². The molecule has 1 saturated carbocycles. The van der Waals surface area contributed by atoms with Crippen molar-refractivity contribution in [1.29, 1.82) is 0 Å². The van der Waals surface area contributed by atoms with Crippen LogP contribution >= 0.6 is 0 Å². The second-order valence-corrected chi connectivity index (χ2v) is 10.0. The molecule has 4 atom stereocenters. The van der Waals surface area contributed by atoms with Crippen LogP contribution in [0.1, 0.15) is 57.8 Å². The van der Waals surface area contributed by atoms with E-state index in [0.29, 0.717) is 24.3 Å². The van der Waals surface area contributed by atoms with Crippen LogP contribution in [-0.2, 0) is 14.2 Å². The van der Waals surface area contributed by atoms with E-state index < -0.39 is 0 Å². The van der Waals surface area contributed by atoms with Gasteiger partial charge in [-0.05, 0) is 76.8 Å². The Morgan fingerprint density at radius 2 is 1.76 bits per heavy atom. The molecule has 6 heteroatoms. The highest BCUT2D eigenvalue weighted by molar-refractivity contribution is 5.04. The van der Waals surface area contributed by atoms with Gasteiger partial charge >= 0.3 is 0 Å². The van der Waals surface area contributed by atoms with Gasteiger partial charge in [0.05, 0.1) is 43.6 Å². The van der Waals surface area contributed by atoms with E-state index in [2.05, 4.69) is 15.5 Å². The van der Waals surface area contributed by atoms with Crippen molar-refractivity contribution in [3.63, 3.8) is 0 Å². The third kappa shape index (κ3) is 4.53. The summed E-state index contributed by atoms with van der Waals surface area (Å²) in [6.45, 7) is 7.81. The van der Waals surface area contributed by atoms with Crippen molar-refractivity contribution >= 4 is 0 Å². The molecule has 5 aliphatic heterocycles. The Morgan fingerprint density at radius 3 is 2.62 bits per heavy atom. The molecule has 0 radical (unpaired) electrons. The Bertz CT molecular complexity index is 514. The third-order valence-corrected chi connectivity index (χ3v) is 8.31. The van der Waals surface area contributed by atoms with Crippen LogP contribution in [0.4, 0.5) is 0 Å². The van der Waals surface area contributed by atoms with Crippen molar-refractivity contribution in [3.05, 3.63) is 0 Å². The number of ether oxygens (including phenoxy) is 3. The molecule has 5 heterocycles. The Morgan fingerprint density at radius 1 is 0.862 bits per heavy atom. The number of nitrogens with one attached hydrogen (secondary N) is 2. The lowest BCUT2D eigenvalue weighted by Gasteiger charge is -2.52. The van der Waals surface area contributed by atoms with Gasteiger partial charge in [0.15, 0.2) is 0 Å². The molecule has 2 N–H and O–H groups in total. The first kappa shape index (κ1) is 20.7. The second kappa shape index (κ2) is 9.49. The molecule has 0 aromatic carbocycles. The van der Waals surface area contributed by atoms with Crippen LogP contribution in [0.3, 0.4) is 0 Å². The number of morpholine rings is 1. The van der Waals surface area contributed by atoms with Crippen LogP contribution < -0.4 is 10.6 Å². The molecule has 0 aromatic rings.